The quantitative estimate of drug-likeness (QED) is 0.373. The molecule has 0 bridgehead atoms. The third-order valence-corrected chi connectivity index (χ3v) is 5.41. The van der Waals surface area contributed by atoms with E-state index < -0.39 is 10.0 Å². The van der Waals surface area contributed by atoms with Gasteiger partial charge in [-0.05, 0) is 25.7 Å². The molecule has 26 heavy (non-hydrogen) atoms. The fourth-order valence-corrected chi connectivity index (χ4v) is 3.03. The monoisotopic (exact) mass is 407 g/mol. The molecule has 0 aliphatic heterocycles. The van der Waals surface area contributed by atoms with Crippen LogP contribution in [0.4, 0.5) is 0 Å². The number of ketones is 1. The average molecular weight is 408 g/mol. The first-order valence-electron chi connectivity index (χ1n) is 8.41. The van der Waals surface area contributed by atoms with Crippen molar-refractivity contribution in [3.05, 3.63) is 34.2 Å². The van der Waals surface area contributed by atoms with E-state index in [2.05, 4.69) is 6.58 Å². The minimum Gasteiger partial charge on any atom is -0.381 e. The van der Waals surface area contributed by atoms with Gasteiger partial charge < -0.3 is 9.47 Å². The van der Waals surface area contributed by atoms with Crippen molar-refractivity contribution >= 4 is 27.4 Å². The van der Waals surface area contributed by atoms with Crippen LogP contribution in [0, 0.1) is 5.92 Å². The summed E-state index contributed by atoms with van der Waals surface area (Å²) in [6.45, 7) is 7.43. The van der Waals surface area contributed by atoms with E-state index in [0.717, 1.165) is 6.42 Å². The number of nitrogens with two attached hydrogens (primary N) is 1. The maximum atomic E-state index is 12.6. The standard InChI is InChI=1S/C18H30ClNO5S/c1-6-16(25-5)11-10-15(12-24-4)18(21)13(2)8-7-9-17(19)14(3)26(20,22)23/h9-10,13,16H,3,6-8,11-12H2,1-2,4-5H3,(H2,20,22,23)/b15-10+,17-9+. The lowest BCUT2D eigenvalue weighted by molar-refractivity contribution is -0.119. The van der Waals surface area contributed by atoms with Crippen molar-refractivity contribution in [3.63, 3.8) is 0 Å². The predicted molar refractivity (Wildman–Crippen MR) is 105 cm³/mol. The van der Waals surface area contributed by atoms with Gasteiger partial charge >= 0.3 is 0 Å². The number of primary sulfonamides is 1. The number of methoxy groups -OCH3 is 2. The second-order valence-electron chi connectivity index (χ2n) is 6.03. The number of rotatable bonds is 13. The Kier molecular flexibility index (Phi) is 11.9. The Morgan fingerprint density at radius 1 is 1.31 bits per heavy atom. The molecule has 0 saturated heterocycles. The zero-order valence-electron chi connectivity index (χ0n) is 16.0. The van der Waals surface area contributed by atoms with Gasteiger partial charge in [-0.15, -0.1) is 0 Å². The molecule has 8 heteroatoms. The molecule has 0 amide bonds. The molecule has 0 rings (SSSR count). The van der Waals surface area contributed by atoms with Crippen LogP contribution < -0.4 is 5.14 Å². The molecule has 150 valence electrons. The summed E-state index contributed by atoms with van der Waals surface area (Å²) in [7, 11) is -0.720. The van der Waals surface area contributed by atoms with Crippen LogP contribution in [-0.4, -0.2) is 41.1 Å². The number of sulfonamides is 1. The lowest BCUT2D eigenvalue weighted by Crippen LogP contribution is -2.18. The number of ether oxygens (including phenoxy) is 2. The predicted octanol–water partition coefficient (Wildman–Crippen LogP) is 3.28. The lowest BCUT2D eigenvalue weighted by atomic mass is 9.94. The Morgan fingerprint density at radius 2 is 1.92 bits per heavy atom. The minimum atomic E-state index is -3.91. The summed E-state index contributed by atoms with van der Waals surface area (Å²) < 4.78 is 32.8. The molecule has 0 radical (unpaired) electrons. The second kappa shape index (κ2) is 12.4. The van der Waals surface area contributed by atoms with Gasteiger partial charge in [0.05, 0.1) is 22.6 Å². The van der Waals surface area contributed by atoms with Crippen molar-refractivity contribution < 1.29 is 22.7 Å². The first kappa shape index (κ1) is 25.0. The van der Waals surface area contributed by atoms with Crippen LogP contribution in [0.5, 0.6) is 0 Å². The summed E-state index contributed by atoms with van der Waals surface area (Å²) in [6, 6.07) is 0. The zero-order chi connectivity index (χ0) is 20.3. The third-order valence-electron chi connectivity index (χ3n) is 4.01. The molecule has 0 spiro atoms. The number of carbonyl (C=O) groups excluding carboxylic acids is 1. The highest BCUT2D eigenvalue weighted by molar-refractivity contribution is 7.93. The van der Waals surface area contributed by atoms with Gasteiger partial charge in [-0.3, -0.25) is 4.79 Å². The normalized spacial score (nSPS) is 15.6. The van der Waals surface area contributed by atoms with Crippen molar-refractivity contribution in [2.45, 2.75) is 45.6 Å². The van der Waals surface area contributed by atoms with Gasteiger partial charge in [0, 0.05) is 25.7 Å². The van der Waals surface area contributed by atoms with Crippen LogP contribution in [0.25, 0.3) is 0 Å². The van der Waals surface area contributed by atoms with Crippen molar-refractivity contribution in [1.29, 1.82) is 0 Å². The van der Waals surface area contributed by atoms with Gasteiger partial charge in [0.1, 0.15) is 0 Å². The van der Waals surface area contributed by atoms with Crippen LogP contribution in [0.2, 0.25) is 0 Å². The molecule has 0 fully saturated rings. The van der Waals surface area contributed by atoms with Gasteiger partial charge in [0.15, 0.2) is 5.78 Å². The molecule has 0 saturated carbocycles. The van der Waals surface area contributed by atoms with Gasteiger partial charge in [-0.1, -0.05) is 44.2 Å². The largest absolute Gasteiger partial charge is 0.381 e. The molecule has 0 aliphatic carbocycles. The average Bonchev–Trinajstić information content (AvgIpc) is 2.59. The van der Waals surface area contributed by atoms with Crippen LogP contribution in [0.1, 0.15) is 39.5 Å². The molecule has 0 heterocycles. The van der Waals surface area contributed by atoms with Crippen LogP contribution in [0.3, 0.4) is 0 Å². The summed E-state index contributed by atoms with van der Waals surface area (Å²) in [6.07, 6.45) is 5.88. The number of hydrogen-bond donors (Lipinski definition) is 1. The maximum Gasteiger partial charge on any atom is 0.238 e. The number of allylic oxidation sites excluding steroid dienone is 2. The molecule has 2 unspecified atom stereocenters. The Balaban J connectivity index is 4.89. The van der Waals surface area contributed by atoms with E-state index in [4.69, 9.17) is 26.2 Å². The maximum absolute atomic E-state index is 12.6. The zero-order valence-corrected chi connectivity index (χ0v) is 17.5. The van der Waals surface area contributed by atoms with Crippen molar-refractivity contribution in [1.82, 2.24) is 0 Å². The van der Waals surface area contributed by atoms with E-state index >= 15 is 0 Å². The summed E-state index contributed by atoms with van der Waals surface area (Å²) in [4.78, 5) is 12.3. The first-order chi connectivity index (χ1) is 12.1. The molecule has 0 aromatic carbocycles. The van der Waals surface area contributed by atoms with E-state index in [9.17, 15) is 13.2 Å². The minimum absolute atomic E-state index is 0.00685. The van der Waals surface area contributed by atoms with E-state index in [1.807, 2.05) is 19.9 Å². The Morgan fingerprint density at radius 3 is 2.38 bits per heavy atom. The fraction of sp³-hybridized carbons (Fsp3) is 0.611. The number of halogens is 1. The number of hydrogen-bond acceptors (Lipinski definition) is 5. The molecule has 2 N–H and O–H groups in total. The summed E-state index contributed by atoms with van der Waals surface area (Å²) in [5.41, 5.74) is 0.611. The van der Waals surface area contributed by atoms with Gasteiger partial charge in [-0.25, -0.2) is 13.6 Å². The van der Waals surface area contributed by atoms with Crippen molar-refractivity contribution in [2.75, 3.05) is 20.8 Å². The molecular formula is C18H30ClNO5S. The van der Waals surface area contributed by atoms with Gasteiger partial charge in [0.2, 0.25) is 10.0 Å². The Labute approximate surface area is 162 Å². The van der Waals surface area contributed by atoms with Crippen LogP contribution >= 0.6 is 11.6 Å². The highest BCUT2D eigenvalue weighted by atomic mass is 35.5. The third kappa shape index (κ3) is 9.09. The summed E-state index contributed by atoms with van der Waals surface area (Å²) >= 11 is 5.88. The van der Waals surface area contributed by atoms with Crippen LogP contribution in [0.15, 0.2) is 34.2 Å². The molecule has 0 aliphatic rings. The molecule has 0 aromatic heterocycles. The molecule has 6 nitrogen and oxygen atoms in total. The second-order valence-corrected chi connectivity index (χ2v) is 8.02. The Bertz CT molecular complexity index is 636. The van der Waals surface area contributed by atoms with Crippen LogP contribution in [-0.2, 0) is 24.3 Å². The summed E-state index contributed by atoms with van der Waals surface area (Å²) in [5, 5.41) is 4.95. The smallest absolute Gasteiger partial charge is 0.238 e. The van der Waals surface area contributed by atoms with Gasteiger partial charge in [0.25, 0.3) is 0 Å². The van der Waals surface area contributed by atoms with Crippen molar-refractivity contribution in [3.8, 4) is 0 Å². The van der Waals surface area contributed by atoms with E-state index in [1.165, 1.54) is 6.08 Å². The Hall–Kier alpha value is -0.990. The highest BCUT2D eigenvalue weighted by Crippen LogP contribution is 2.20. The molecular weight excluding hydrogens is 378 g/mol. The fourth-order valence-electron chi connectivity index (χ4n) is 2.25. The molecule has 0 aromatic rings. The van der Waals surface area contributed by atoms with E-state index in [-0.39, 0.29) is 34.3 Å². The van der Waals surface area contributed by atoms with Gasteiger partial charge in [-0.2, -0.15) is 0 Å². The number of carbonyl (C=O) groups is 1. The summed E-state index contributed by atoms with van der Waals surface area (Å²) in [5.74, 6) is -0.268. The van der Waals surface area contributed by atoms with Crippen molar-refractivity contribution in [2.24, 2.45) is 11.1 Å². The van der Waals surface area contributed by atoms with E-state index in [1.54, 1.807) is 14.2 Å². The first-order valence-corrected chi connectivity index (χ1v) is 10.3. The highest BCUT2D eigenvalue weighted by Gasteiger charge is 2.18. The molecule has 2 atom stereocenters. The SMILES string of the molecule is C=C(/C(Cl)=C\CCC(C)C(=O)/C(=C/CC(CC)OC)COC)S(N)(=O)=O. The lowest BCUT2D eigenvalue weighted by Gasteiger charge is -2.14. The van der Waals surface area contributed by atoms with E-state index in [0.29, 0.717) is 24.8 Å². The topological polar surface area (TPSA) is 95.7 Å². The number of Topliss-reactive ketones (excluding diaryl/α,β-unsaturated/α-hetero) is 1.